The van der Waals surface area contributed by atoms with Crippen LogP contribution in [-0.2, 0) is 4.74 Å². The molecule has 0 bridgehead atoms. The zero-order valence-corrected chi connectivity index (χ0v) is 14.2. The van der Waals surface area contributed by atoms with Crippen molar-refractivity contribution in [3.05, 3.63) is 33.8 Å². The number of carbonyl (C=O) groups is 1. The first-order valence-electron chi connectivity index (χ1n) is 7.03. The fourth-order valence-corrected chi connectivity index (χ4v) is 2.77. The minimum Gasteiger partial charge on any atom is -0.444 e. The van der Waals surface area contributed by atoms with Gasteiger partial charge in [0.2, 0.25) is 0 Å². The van der Waals surface area contributed by atoms with E-state index in [0.29, 0.717) is 0 Å². The quantitative estimate of drug-likeness (QED) is 0.733. The summed E-state index contributed by atoms with van der Waals surface area (Å²) in [5.74, 6) is 0. The number of hydrogen-bond acceptors (Lipinski definition) is 2. The summed E-state index contributed by atoms with van der Waals surface area (Å²) in [6.45, 7) is 8.55. The highest BCUT2D eigenvalue weighted by Crippen LogP contribution is 2.34. The average molecular weight is 340 g/mol. The summed E-state index contributed by atoms with van der Waals surface area (Å²) in [4.78, 5) is 14.1. The van der Waals surface area contributed by atoms with E-state index in [-0.39, 0.29) is 12.1 Å². The van der Waals surface area contributed by atoms with Gasteiger partial charge in [-0.05, 0) is 57.7 Å². The number of carbonyl (C=O) groups excluding carboxylic acids is 1. The van der Waals surface area contributed by atoms with Crippen molar-refractivity contribution in [1.29, 1.82) is 0 Å². The molecule has 3 nitrogen and oxygen atoms in total. The largest absolute Gasteiger partial charge is 0.444 e. The molecule has 1 heterocycles. The molecule has 1 aliphatic rings. The predicted octanol–water partition coefficient (Wildman–Crippen LogP) is 4.83. The number of ether oxygens (including phenoxy) is 1. The molecule has 0 N–H and O–H groups in total. The normalized spacial score (nSPS) is 19.2. The molecule has 1 aromatic carbocycles. The molecule has 0 unspecified atom stereocenters. The van der Waals surface area contributed by atoms with Gasteiger partial charge in [-0.3, -0.25) is 0 Å². The molecule has 0 aliphatic carbocycles. The Morgan fingerprint density at radius 1 is 1.40 bits per heavy atom. The Bertz CT molecular complexity index is 508. The minimum atomic E-state index is -0.445. The van der Waals surface area contributed by atoms with Crippen molar-refractivity contribution in [2.24, 2.45) is 0 Å². The molecular formula is C16H22BrNO2. The predicted molar refractivity (Wildman–Crippen MR) is 83.8 cm³/mol. The Morgan fingerprint density at radius 3 is 2.70 bits per heavy atom. The molecule has 1 fully saturated rings. The van der Waals surface area contributed by atoms with E-state index < -0.39 is 5.60 Å². The molecule has 0 spiro atoms. The van der Waals surface area contributed by atoms with E-state index in [1.54, 1.807) is 0 Å². The van der Waals surface area contributed by atoms with Gasteiger partial charge in [0.15, 0.2) is 0 Å². The van der Waals surface area contributed by atoms with E-state index in [0.717, 1.165) is 23.9 Å². The van der Waals surface area contributed by atoms with Crippen LogP contribution < -0.4 is 0 Å². The van der Waals surface area contributed by atoms with Crippen LogP contribution in [0.4, 0.5) is 4.79 Å². The molecule has 2 rings (SSSR count). The third-order valence-electron chi connectivity index (χ3n) is 3.45. The van der Waals surface area contributed by atoms with Gasteiger partial charge in [0.05, 0.1) is 6.04 Å². The summed E-state index contributed by atoms with van der Waals surface area (Å²) >= 11 is 3.52. The molecule has 0 saturated carbocycles. The topological polar surface area (TPSA) is 29.5 Å². The van der Waals surface area contributed by atoms with Crippen molar-refractivity contribution >= 4 is 22.0 Å². The van der Waals surface area contributed by atoms with Crippen LogP contribution in [0.15, 0.2) is 22.7 Å². The Labute approximate surface area is 129 Å². The van der Waals surface area contributed by atoms with Gasteiger partial charge in [-0.15, -0.1) is 0 Å². The first-order chi connectivity index (χ1) is 9.28. The minimum absolute atomic E-state index is 0.136. The Kier molecular flexibility index (Phi) is 4.43. The molecule has 110 valence electrons. The maximum Gasteiger partial charge on any atom is 0.410 e. The number of benzene rings is 1. The molecule has 1 amide bonds. The van der Waals surface area contributed by atoms with Crippen LogP contribution in [0, 0.1) is 6.92 Å². The molecule has 1 atom stereocenters. The maximum atomic E-state index is 12.3. The molecule has 1 saturated heterocycles. The lowest BCUT2D eigenvalue weighted by Gasteiger charge is -2.29. The molecule has 4 heteroatoms. The Morgan fingerprint density at radius 2 is 2.10 bits per heavy atom. The molecular weight excluding hydrogens is 318 g/mol. The van der Waals surface area contributed by atoms with Crippen molar-refractivity contribution in [3.8, 4) is 0 Å². The van der Waals surface area contributed by atoms with Gasteiger partial charge in [0.25, 0.3) is 0 Å². The number of rotatable bonds is 1. The summed E-state index contributed by atoms with van der Waals surface area (Å²) in [5, 5.41) is 0. The van der Waals surface area contributed by atoms with Gasteiger partial charge >= 0.3 is 6.09 Å². The van der Waals surface area contributed by atoms with Gasteiger partial charge in [-0.2, -0.15) is 0 Å². The van der Waals surface area contributed by atoms with Gasteiger partial charge in [-0.25, -0.2) is 4.79 Å². The van der Waals surface area contributed by atoms with E-state index in [4.69, 9.17) is 4.74 Å². The van der Waals surface area contributed by atoms with E-state index >= 15 is 0 Å². The second kappa shape index (κ2) is 5.76. The highest BCUT2D eigenvalue weighted by molar-refractivity contribution is 9.10. The molecule has 1 aromatic rings. The standard InChI is InChI=1S/C16H22BrNO2/c1-11-10-12(7-8-13(11)17)14-6-5-9-18(14)15(19)20-16(2,3)4/h7-8,10,14H,5-6,9H2,1-4H3/t14-/m0/s1. The van der Waals surface area contributed by atoms with Gasteiger partial charge < -0.3 is 9.64 Å². The third kappa shape index (κ3) is 3.54. The van der Waals surface area contributed by atoms with Gasteiger partial charge in [0.1, 0.15) is 5.60 Å². The monoisotopic (exact) mass is 339 g/mol. The Balaban J connectivity index is 2.18. The summed E-state index contributed by atoms with van der Waals surface area (Å²) in [6, 6.07) is 6.43. The number of hydrogen-bond donors (Lipinski definition) is 0. The fourth-order valence-electron chi connectivity index (χ4n) is 2.53. The van der Waals surface area contributed by atoms with Crippen LogP contribution in [0.3, 0.4) is 0 Å². The second-order valence-corrected chi connectivity index (χ2v) is 7.19. The lowest BCUT2D eigenvalue weighted by atomic mass is 10.0. The van der Waals surface area contributed by atoms with Gasteiger partial charge in [-0.1, -0.05) is 28.1 Å². The zero-order chi connectivity index (χ0) is 14.9. The van der Waals surface area contributed by atoms with E-state index in [2.05, 4.69) is 41.1 Å². The lowest BCUT2D eigenvalue weighted by Crippen LogP contribution is -2.36. The van der Waals surface area contributed by atoms with Crippen molar-refractivity contribution in [2.45, 2.75) is 52.2 Å². The third-order valence-corrected chi connectivity index (χ3v) is 4.34. The summed E-state index contributed by atoms with van der Waals surface area (Å²) in [6.07, 6.45) is 1.82. The first-order valence-corrected chi connectivity index (χ1v) is 7.83. The van der Waals surface area contributed by atoms with Crippen LogP contribution >= 0.6 is 15.9 Å². The first kappa shape index (κ1) is 15.4. The van der Waals surface area contributed by atoms with E-state index in [1.807, 2.05) is 25.7 Å². The number of nitrogens with zero attached hydrogens (tertiary/aromatic N) is 1. The lowest BCUT2D eigenvalue weighted by molar-refractivity contribution is 0.0224. The van der Waals surface area contributed by atoms with Crippen molar-refractivity contribution in [1.82, 2.24) is 4.90 Å². The van der Waals surface area contributed by atoms with Crippen LogP contribution in [-0.4, -0.2) is 23.1 Å². The van der Waals surface area contributed by atoms with Crippen LogP contribution in [0.5, 0.6) is 0 Å². The SMILES string of the molecule is Cc1cc([C@@H]2CCCN2C(=O)OC(C)(C)C)ccc1Br. The number of amides is 1. The fraction of sp³-hybridized carbons (Fsp3) is 0.562. The Hall–Kier alpha value is -1.03. The zero-order valence-electron chi connectivity index (χ0n) is 12.6. The van der Waals surface area contributed by atoms with Gasteiger partial charge in [0, 0.05) is 11.0 Å². The molecule has 20 heavy (non-hydrogen) atoms. The number of likely N-dealkylation sites (tertiary alicyclic amines) is 1. The van der Waals surface area contributed by atoms with Crippen molar-refractivity contribution in [3.63, 3.8) is 0 Å². The number of halogens is 1. The maximum absolute atomic E-state index is 12.3. The van der Waals surface area contributed by atoms with E-state index in [9.17, 15) is 4.79 Å². The van der Waals surface area contributed by atoms with Crippen LogP contribution in [0.1, 0.15) is 50.8 Å². The summed E-state index contributed by atoms with van der Waals surface area (Å²) < 4.78 is 6.61. The molecule has 0 radical (unpaired) electrons. The molecule has 0 aromatic heterocycles. The molecule has 1 aliphatic heterocycles. The summed E-state index contributed by atoms with van der Waals surface area (Å²) in [7, 11) is 0. The average Bonchev–Trinajstić information content (AvgIpc) is 2.79. The smallest absolute Gasteiger partial charge is 0.410 e. The highest BCUT2D eigenvalue weighted by Gasteiger charge is 2.33. The number of aryl methyl sites for hydroxylation is 1. The summed E-state index contributed by atoms with van der Waals surface area (Å²) in [5.41, 5.74) is 1.94. The second-order valence-electron chi connectivity index (χ2n) is 6.34. The van der Waals surface area contributed by atoms with Crippen molar-refractivity contribution < 1.29 is 9.53 Å². The van der Waals surface area contributed by atoms with Crippen molar-refractivity contribution in [2.75, 3.05) is 6.54 Å². The van der Waals surface area contributed by atoms with E-state index in [1.165, 1.54) is 11.1 Å². The van der Waals surface area contributed by atoms with Crippen LogP contribution in [0.25, 0.3) is 0 Å². The van der Waals surface area contributed by atoms with Crippen LogP contribution in [0.2, 0.25) is 0 Å². The highest BCUT2D eigenvalue weighted by atomic mass is 79.9.